The molecule has 0 radical (unpaired) electrons. The second kappa shape index (κ2) is 8.82. The summed E-state index contributed by atoms with van der Waals surface area (Å²) in [4.78, 5) is 2.37. The molecule has 1 rings (SSSR count). The second-order valence-electron chi connectivity index (χ2n) is 5.09. The maximum absolute atomic E-state index is 5.37. The molecule has 1 unspecified atom stereocenters. The Kier molecular flexibility index (Phi) is 7.41. The average Bonchev–Trinajstić information content (AvgIpc) is 2.50. The van der Waals surface area contributed by atoms with Gasteiger partial charge in [-0.05, 0) is 38.6 Å². The van der Waals surface area contributed by atoms with Gasteiger partial charge in [-0.2, -0.15) is 0 Å². The molecule has 20 heavy (non-hydrogen) atoms. The second-order valence-corrected chi connectivity index (χ2v) is 5.09. The molecule has 0 amide bonds. The lowest BCUT2D eigenvalue weighted by molar-refractivity contribution is 0.251. The first-order valence-electron chi connectivity index (χ1n) is 7.24. The van der Waals surface area contributed by atoms with Crippen molar-refractivity contribution >= 4 is 0 Å². The summed E-state index contributed by atoms with van der Waals surface area (Å²) in [5, 5.41) is 3.46. The lowest BCUT2D eigenvalue weighted by Crippen LogP contribution is -2.34. The number of benzene rings is 1. The van der Waals surface area contributed by atoms with E-state index in [-0.39, 0.29) is 0 Å². The molecule has 1 aromatic carbocycles. The summed E-state index contributed by atoms with van der Waals surface area (Å²) in [7, 11) is 5.55. The molecular formula is C16H28N2O2. The third-order valence-corrected chi connectivity index (χ3v) is 3.79. The molecule has 0 saturated carbocycles. The Morgan fingerprint density at radius 3 is 2.60 bits per heavy atom. The van der Waals surface area contributed by atoms with E-state index in [1.54, 1.807) is 14.2 Å². The van der Waals surface area contributed by atoms with Gasteiger partial charge in [-0.3, -0.25) is 0 Å². The average molecular weight is 280 g/mol. The van der Waals surface area contributed by atoms with Crippen molar-refractivity contribution in [1.82, 2.24) is 10.2 Å². The highest BCUT2D eigenvalue weighted by molar-refractivity contribution is 5.40. The summed E-state index contributed by atoms with van der Waals surface area (Å²) in [5.41, 5.74) is 1.12. The molecule has 0 aromatic heterocycles. The van der Waals surface area contributed by atoms with Gasteiger partial charge in [0.1, 0.15) is 11.5 Å². The van der Waals surface area contributed by atoms with Crippen LogP contribution in [-0.2, 0) is 6.54 Å². The predicted octanol–water partition coefficient (Wildman–Crippen LogP) is 2.52. The summed E-state index contributed by atoms with van der Waals surface area (Å²) in [6.07, 6.45) is 1.18. The molecular weight excluding hydrogens is 252 g/mol. The molecule has 0 saturated heterocycles. The van der Waals surface area contributed by atoms with Gasteiger partial charge in [0.15, 0.2) is 0 Å². The van der Waals surface area contributed by atoms with Gasteiger partial charge < -0.3 is 19.7 Å². The molecule has 4 heteroatoms. The van der Waals surface area contributed by atoms with Crippen molar-refractivity contribution in [1.29, 1.82) is 0 Å². The number of nitrogens with one attached hydrogen (secondary N) is 1. The van der Waals surface area contributed by atoms with Crippen LogP contribution in [0, 0.1) is 0 Å². The van der Waals surface area contributed by atoms with Crippen LogP contribution in [0.2, 0.25) is 0 Å². The first-order chi connectivity index (χ1) is 9.62. The van der Waals surface area contributed by atoms with E-state index in [9.17, 15) is 0 Å². The molecule has 4 nitrogen and oxygen atoms in total. The number of rotatable bonds is 9. The van der Waals surface area contributed by atoms with Crippen LogP contribution in [0.5, 0.6) is 11.5 Å². The van der Waals surface area contributed by atoms with Gasteiger partial charge in [-0.15, -0.1) is 0 Å². The van der Waals surface area contributed by atoms with E-state index in [2.05, 4.69) is 31.1 Å². The van der Waals surface area contributed by atoms with E-state index in [0.29, 0.717) is 6.04 Å². The van der Waals surface area contributed by atoms with E-state index in [0.717, 1.165) is 36.7 Å². The zero-order valence-electron chi connectivity index (χ0n) is 13.4. The highest BCUT2D eigenvalue weighted by atomic mass is 16.5. The number of nitrogens with zero attached hydrogens (tertiary/aromatic N) is 1. The zero-order chi connectivity index (χ0) is 15.0. The minimum Gasteiger partial charge on any atom is -0.497 e. The van der Waals surface area contributed by atoms with Crippen molar-refractivity contribution in [3.63, 3.8) is 0 Å². The van der Waals surface area contributed by atoms with Crippen molar-refractivity contribution in [3.8, 4) is 11.5 Å². The quantitative estimate of drug-likeness (QED) is 0.705. The molecule has 0 fully saturated rings. The maximum atomic E-state index is 5.37. The Hall–Kier alpha value is -1.26. The van der Waals surface area contributed by atoms with Crippen molar-refractivity contribution in [2.75, 3.05) is 34.4 Å². The van der Waals surface area contributed by atoms with Crippen LogP contribution in [0.15, 0.2) is 18.2 Å². The summed E-state index contributed by atoms with van der Waals surface area (Å²) in [6.45, 7) is 7.26. The number of ether oxygens (including phenoxy) is 2. The number of hydrogen-bond donors (Lipinski definition) is 1. The molecule has 114 valence electrons. The van der Waals surface area contributed by atoms with Crippen LogP contribution in [0.1, 0.15) is 25.8 Å². The molecule has 1 atom stereocenters. The molecule has 0 aliphatic rings. The van der Waals surface area contributed by atoms with Gasteiger partial charge in [-0.25, -0.2) is 0 Å². The fraction of sp³-hybridized carbons (Fsp3) is 0.625. The SMILES string of the molecule is CCC(C)N(C)CCNCc1cc(OC)ccc1OC. The summed E-state index contributed by atoms with van der Waals surface area (Å²) < 4.78 is 10.6. The standard InChI is InChI=1S/C16H28N2O2/c1-6-13(2)18(3)10-9-17-12-14-11-15(19-4)7-8-16(14)20-5/h7-8,11,13,17H,6,9-10,12H2,1-5H3. The fourth-order valence-corrected chi connectivity index (χ4v) is 2.03. The lowest BCUT2D eigenvalue weighted by Gasteiger charge is -2.23. The van der Waals surface area contributed by atoms with Gasteiger partial charge in [0, 0.05) is 31.2 Å². The van der Waals surface area contributed by atoms with Crippen molar-refractivity contribution < 1.29 is 9.47 Å². The fourth-order valence-electron chi connectivity index (χ4n) is 2.03. The first kappa shape index (κ1) is 16.8. The largest absolute Gasteiger partial charge is 0.497 e. The molecule has 0 heterocycles. The van der Waals surface area contributed by atoms with E-state index >= 15 is 0 Å². The van der Waals surface area contributed by atoms with Crippen molar-refractivity contribution in [2.45, 2.75) is 32.9 Å². The Morgan fingerprint density at radius 2 is 2.00 bits per heavy atom. The first-order valence-corrected chi connectivity index (χ1v) is 7.24. The van der Waals surface area contributed by atoms with Gasteiger partial charge >= 0.3 is 0 Å². The van der Waals surface area contributed by atoms with Crippen LogP contribution >= 0.6 is 0 Å². The minimum absolute atomic E-state index is 0.628. The van der Waals surface area contributed by atoms with E-state index in [1.807, 2.05) is 18.2 Å². The van der Waals surface area contributed by atoms with Crippen LogP contribution in [-0.4, -0.2) is 45.3 Å². The highest BCUT2D eigenvalue weighted by Gasteiger charge is 2.07. The van der Waals surface area contributed by atoms with E-state index < -0.39 is 0 Å². The van der Waals surface area contributed by atoms with Gasteiger partial charge in [-0.1, -0.05) is 6.92 Å². The lowest BCUT2D eigenvalue weighted by atomic mass is 10.2. The van der Waals surface area contributed by atoms with Gasteiger partial charge in [0.25, 0.3) is 0 Å². The summed E-state index contributed by atoms with van der Waals surface area (Å²) >= 11 is 0. The van der Waals surface area contributed by atoms with Gasteiger partial charge in [0.2, 0.25) is 0 Å². The topological polar surface area (TPSA) is 33.7 Å². The maximum Gasteiger partial charge on any atom is 0.123 e. The molecule has 0 aliphatic heterocycles. The molecule has 0 aliphatic carbocycles. The Morgan fingerprint density at radius 1 is 1.25 bits per heavy atom. The third kappa shape index (κ3) is 5.02. The van der Waals surface area contributed by atoms with Crippen LogP contribution in [0.3, 0.4) is 0 Å². The Labute approximate surface area is 123 Å². The van der Waals surface area contributed by atoms with Crippen LogP contribution in [0.25, 0.3) is 0 Å². The number of likely N-dealkylation sites (N-methyl/N-ethyl adjacent to an activating group) is 1. The van der Waals surface area contributed by atoms with Crippen LogP contribution in [0.4, 0.5) is 0 Å². The predicted molar refractivity (Wildman–Crippen MR) is 83.6 cm³/mol. The normalized spacial score (nSPS) is 12.5. The smallest absolute Gasteiger partial charge is 0.123 e. The van der Waals surface area contributed by atoms with Crippen molar-refractivity contribution in [2.24, 2.45) is 0 Å². The summed E-state index contributed by atoms with van der Waals surface area (Å²) in [6, 6.07) is 6.51. The van der Waals surface area contributed by atoms with Crippen LogP contribution < -0.4 is 14.8 Å². The van der Waals surface area contributed by atoms with Crippen molar-refractivity contribution in [3.05, 3.63) is 23.8 Å². The molecule has 1 aromatic rings. The summed E-state index contributed by atoms with van der Waals surface area (Å²) in [5.74, 6) is 1.76. The Balaban J connectivity index is 2.45. The number of methoxy groups -OCH3 is 2. The molecule has 0 spiro atoms. The highest BCUT2D eigenvalue weighted by Crippen LogP contribution is 2.23. The zero-order valence-corrected chi connectivity index (χ0v) is 13.4. The number of hydrogen-bond acceptors (Lipinski definition) is 4. The van der Waals surface area contributed by atoms with E-state index in [4.69, 9.17) is 9.47 Å². The molecule has 0 bridgehead atoms. The third-order valence-electron chi connectivity index (χ3n) is 3.79. The minimum atomic E-state index is 0.628. The van der Waals surface area contributed by atoms with Gasteiger partial charge in [0.05, 0.1) is 14.2 Å². The van der Waals surface area contributed by atoms with E-state index in [1.165, 1.54) is 6.42 Å². The molecule has 1 N–H and O–H groups in total. The Bertz CT molecular complexity index is 396. The monoisotopic (exact) mass is 280 g/mol.